The first kappa shape index (κ1) is 22.8. The fourth-order valence-corrected chi connectivity index (χ4v) is 2.89. The molecule has 0 spiro atoms. The van der Waals surface area contributed by atoms with Crippen molar-refractivity contribution in [2.45, 2.75) is 25.9 Å². The van der Waals surface area contributed by atoms with E-state index in [1.54, 1.807) is 11.0 Å². The number of halogens is 3. The van der Waals surface area contributed by atoms with Crippen LogP contribution in [0.2, 0.25) is 0 Å². The van der Waals surface area contributed by atoms with Gasteiger partial charge in [-0.1, -0.05) is 36.3 Å². The van der Waals surface area contributed by atoms with Crippen molar-refractivity contribution in [2.75, 3.05) is 6.54 Å². The van der Waals surface area contributed by atoms with E-state index in [1.165, 1.54) is 18.2 Å². The minimum Gasteiger partial charge on any atom is -0.450 e. The zero-order chi connectivity index (χ0) is 21.7. The molecule has 29 heavy (non-hydrogen) atoms. The van der Waals surface area contributed by atoms with Gasteiger partial charge >= 0.3 is 7.48 Å². The van der Waals surface area contributed by atoms with E-state index in [9.17, 15) is 13.2 Å². The molecule has 1 atom stereocenters. The molecule has 0 bridgehead atoms. The highest BCUT2D eigenvalue weighted by Crippen LogP contribution is 2.22. The number of nitrogens with zero attached hydrogens (tertiary/aromatic N) is 1. The summed E-state index contributed by atoms with van der Waals surface area (Å²) in [5, 5.41) is 9.14. The minimum absolute atomic E-state index is 0.135. The fraction of sp³-hybridized carbons (Fsp3) is 0.238. The summed E-state index contributed by atoms with van der Waals surface area (Å²) in [6.45, 7) is 10.2. The Morgan fingerprint density at radius 1 is 1.21 bits per heavy atom. The van der Waals surface area contributed by atoms with Gasteiger partial charge in [0.1, 0.15) is 13.7 Å². The van der Waals surface area contributed by atoms with Crippen molar-refractivity contribution < 1.29 is 18.2 Å². The van der Waals surface area contributed by atoms with Crippen LogP contribution in [0.1, 0.15) is 24.5 Å². The zero-order valence-electron chi connectivity index (χ0n) is 16.3. The Balaban J connectivity index is 2.35. The minimum atomic E-state index is -1.14. The Labute approximate surface area is 171 Å². The Morgan fingerprint density at radius 3 is 2.48 bits per heavy atom. The second-order valence-electron chi connectivity index (χ2n) is 6.99. The molecule has 2 aromatic carbocycles. The lowest BCUT2D eigenvalue weighted by Crippen LogP contribution is -2.31. The number of hydrogen-bond donors (Lipinski definition) is 2. The Hall–Kier alpha value is -2.44. The highest BCUT2D eigenvalue weighted by Gasteiger charge is 2.17. The Morgan fingerprint density at radius 2 is 1.90 bits per heavy atom. The summed E-state index contributed by atoms with van der Waals surface area (Å²) in [5.41, 5.74) is 8.14. The number of benzene rings is 2. The number of nitrogens with two attached hydrogens (primary N) is 1. The van der Waals surface area contributed by atoms with Crippen molar-refractivity contribution in [3.8, 4) is 0 Å². The quantitative estimate of drug-likeness (QED) is 0.502. The third-order valence-electron chi connectivity index (χ3n) is 4.61. The third kappa shape index (κ3) is 6.02. The van der Waals surface area contributed by atoms with Gasteiger partial charge in [-0.25, -0.2) is 13.2 Å². The molecule has 0 aromatic heterocycles. The van der Waals surface area contributed by atoms with Gasteiger partial charge in [0.05, 0.1) is 0 Å². The summed E-state index contributed by atoms with van der Waals surface area (Å²) in [6.07, 6.45) is 0.516. The molecule has 3 N–H and O–H groups in total. The molecule has 0 heterocycles. The molecule has 0 saturated heterocycles. The highest BCUT2D eigenvalue weighted by molar-refractivity contribution is 6.45. The van der Waals surface area contributed by atoms with Gasteiger partial charge in [0.15, 0.2) is 11.6 Å². The number of rotatable bonds is 9. The second kappa shape index (κ2) is 9.85. The van der Waals surface area contributed by atoms with Gasteiger partial charge in [-0.05, 0) is 48.1 Å². The van der Waals surface area contributed by atoms with E-state index in [0.717, 1.165) is 11.6 Å². The Kier molecular flexibility index (Phi) is 7.76. The van der Waals surface area contributed by atoms with Gasteiger partial charge in [-0.3, -0.25) is 0 Å². The summed E-state index contributed by atoms with van der Waals surface area (Å²) in [5.74, 6) is -2.73. The molecule has 2 aromatic rings. The molecule has 1 unspecified atom stereocenters. The predicted molar refractivity (Wildman–Crippen MR) is 113 cm³/mol. The van der Waals surface area contributed by atoms with E-state index < -0.39 is 17.5 Å². The first-order valence-electron chi connectivity index (χ1n) is 8.99. The monoisotopic (exact) mass is 397 g/mol. The van der Waals surface area contributed by atoms with Crippen molar-refractivity contribution in [1.29, 1.82) is 0 Å². The van der Waals surface area contributed by atoms with Crippen LogP contribution >= 0.6 is 0 Å². The Bertz CT molecular complexity index is 901. The molecule has 3 nitrogen and oxygen atoms in total. The van der Waals surface area contributed by atoms with Crippen molar-refractivity contribution >= 4 is 32.0 Å². The molecule has 2 rings (SSSR count). The van der Waals surface area contributed by atoms with Gasteiger partial charge in [0, 0.05) is 24.8 Å². The molecular formula is C21H22B2F3N2O. The first-order valence-corrected chi connectivity index (χ1v) is 8.99. The van der Waals surface area contributed by atoms with E-state index in [-0.39, 0.29) is 23.5 Å². The molecule has 3 radical (unpaired) electrons. The number of hydrogen-bond acceptors (Lipinski definition) is 3. The zero-order valence-corrected chi connectivity index (χ0v) is 16.3. The third-order valence-corrected chi connectivity index (χ3v) is 4.61. The van der Waals surface area contributed by atoms with Crippen LogP contribution in [0.25, 0.3) is 5.70 Å². The maximum atomic E-state index is 13.9. The fourth-order valence-electron chi connectivity index (χ4n) is 2.89. The molecule has 0 aliphatic rings. The summed E-state index contributed by atoms with van der Waals surface area (Å²) in [6, 6.07) is 6.17. The van der Waals surface area contributed by atoms with E-state index >= 15 is 0 Å². The van der Waals surface area contributed by atoms with E-state index in [4.69, 9.17) is 18.6 Å². The van der Waals surface area contributed by atoms with Crippen LogP contribution in [0.15, 0.2) is 49.1 Å². The molecule has 0 amide bonds. The molecule has 149 valence electrons. The van der Waals surface area contributed by atoms with Crippen LogP contribution in [0, 0.1) is 17.5 Å². The van der Waals surface area contributed by atoms with Crippen LogP contribution in [0.4, 0.5) is 13.2 Å². The SMILES string of the molecule is [B]c1cc(F)cc(C(=C)N(CCC(N)C(=C)C)Cc2cc(F)c(F)c([B]O)c2)c1. The molecule has 0 aliphatic carbocycles. The van der Waals surface area contributed by atoms with Gasteiger partial charge in [-0.2, -0.15) is 0 Å². The van der Waals surface area contributed by atoms with Crippen molar-refractivity contribution in [1.82, 2.24) is 4.90 Å². The summed E-state index contributed by atoms with van der Waals surface area (Å²) in [7, 11) is 6.24. The first-order chi connectivity index (χ1) is 13.6. The predicted octanol–water partition coefficient (Wildman–Crippen LogP) is 1.90. The van der Waals surface area contributed by atoms with Crippen molar-refractivity contribution in [3.05, 3.63) is 77.6 Å². The van der Waals surface area contributed by atoms with Gasteiger partial charge in [-0.15, -0.1) is 0 Å². The van der Waals surface area contributed by atoms with E-state index in [1.807, 2.05) is 6.92 Å². The summed E-state index contributed by atoms with van der Waals surface area (Å²) in [4.78, 5) is 1.77. The molecule has 0 saturated carbocycles. The molecule has 0 fully saturated rings. The molecule has 0 aliphatic heterocycles. The van der Waals surface area contributed by atoms with Crippen molar-refractivity contribution in [3.63, 3.8) is 0 Å². The summed E-state index contributed by atoms with van der Waals surface area (Å²) >= 11 is 0. The van der Waals surface area contributed by atoms with Crippen LogP contribution in [0.3, 0.4) is 0 Å². The van der Waals surface area contributed by atoms with Gasteiger partial charge < -0.3 is 15.7 Å². The average molecular weight is 397 g/mol. The van der Waals surface area contributed by atoms with Crippen LogP contribution < -0.4 is 16.7 Å². The highest BCUT2D eigenvalue weighted by atomic mass is 19.2. The van der Waals surface area contributed by atoms with Gasteiger partial charge in [0.2, 0.25) is 0 Å². The van der Waals surface area contributed by atoms with Crippen LogP contribution in [-0.4, -0.2) is 37.8 Å². The lowest BCUT2D eigenvalue weighted by molar-refractivity contribution is 0.373. The lowest BCUT2D eigenvalue weighted by atomic mass is 9.86. The van der Waals surface area contributed by atoms with E-state index in [2.05, 4.69) is 13.2 Å². The smallest absolute Gasteiger partial charge is 0.329 e. The molecular weight excluding hydrogens is 375 g/mol. The average Bonchev–Trinajstić information content (AvgIpc) is 2.65. The maximum Gasteiger partial charge on any atom is 0.329 e. The standard InChI is InChI=1S/C21H22B2F3N2O/c1-12(2)20(27)4-5-28(13(3)15-8-16(22)10-17(24)9-15)11-14-6-18(23-29)21(26)19(25)7-14/h6-10,20,29H,1,3-5,11,27H2,2H3. The maximum absolute atomic E-state index is 13.9. The largest absolute Gasteiger partial charge is 0.450 e. The van der Waals surface area contributed by atoms with Crippen LogP contribution in [-0.2, 0) is 6.54 Å². The topological polar surface area (TPSA) is 49.5 Å². The molecule has 8 heteroatoms. The van der Waals surface area contributed by atoms with Crippen LogP contribution in [0.5, 0.6) is 0 Å². The summed E-state index contributed by atoms with van der Waals surface area (Å²) < 4.78 is 41.4. The normalized spacial score (nSPS) is 11.8. The second-order valence-corrected chi connectivity index (χ2v) is 6.99. The lowest BCUT2D eigenvalue weighted by Gasteiger charge is -2.29. The van der Waals surface area contributed by atoms with Crippen molar-refractivity contribution in [2.24, 2.45) is 5.73 Å². The van der Waals surface area contributed by atoms with Gasteiger partial charge in [0.25, 0.3) is 0 Å². The van der Waals surface area contributed by atoms with E-state index in [0.29, 0.717) is 37.3 Å².